The summed E-state index contributed by atoms with van der Waals surface area (Å²) in [5.41, 5.74) is 9.75. The molecule has 1 amide bonds. The predicted molar refractivity (Wildman–Crippen MR) is 77.0 cm³/mol. The third-order valence-corrected chi connectivity index (χ3v) is 3.58. The van der Waals surface area contributed by atoms with Gasteiger partial charge in [0.2, 0.25) is 0 Å². The Kier molecular flexibility index (Phi) is 3.16. The first-order valence-corrected chi connectivity index (χ1v) is 6.52. The zero-order chi connectivity index (χ0) is 14.1. The van der Waals surface area contributed by atoms with Crippen molar-refractivity contribution in [3.05, 3.63) is 59.7 Å². The van der Waals surface area contributed by atoms with Crippen LogP contribution in [0.2, 0.25) is 0 Å². The second kappa shape index (κ2) is 4.98. The third-order valence-electron chi connectivity index (χ3n) is 3.58. The quantitative estimate of drug-likeness (QED) is 0.852. The Morgan fingerprint density at radius 3 is 2.10 bits per heavy atom. The SMILES string of the molecule is CN(CN)C(=O)OC1c2ccccc2-c2ccccc21. The highest BCUT2D eigenvalue weighted by Crippen LogP contribution is 2.45. The summed E-state index contributed by atoms with van der Waals surface area (Å²) in [7, 11) is 1.62. The lowest BCUT2D eigenvalue weighted by Crippen LogP contribution is -2.33. The molecule has 20 heavy (non-hydrogen) atoms. The van der Waals surface area contributed by atoms with Crippen molar-refractivity contribution in [2.45, 2.75) is 6.10 Å². The van der Waals surface area contributed by atoms with Crippen LogP contribution in [0.4, 0.5) is 4.79 Å². The molecule has 3 rings (SSSR count). The number of fused-ring (bicyclic) bond motifs is 3. The van der Waals surface area contributed by atoms with E-state index in [0.717, 1.165) is 22.3 Å². The zero-order valence-corrected chi connectivity index (χ0v) is 11.2. The molecule has 2 N–H and O–H groups in total. The van der Waals surface area contributed by atoms with Crippen molar-refractivity contribution < 1.29 is 9.53 Å². The van der Waals surface area contributed by atoms with E-state index in [9.17, 15) is 4.79 Å². The molecule has 1 aliphatic rings. The maximum atomic E-state index is 12.0. The number of amides is 1. The molecule has 1 aliphatic carbocycles. The third kappa shape index (κ3) is 1.94. The second-order valence-electron chi connectivity index (χ2n) is 4.82. The van der Waals surface area contributed by atoms with Gasteiger partial charge in [0.15, 0.2) is 6.10 Å². The number of ether oxygens (including phenoxy) is 1. The van der Waals surface area contributed by atoms with Gasteiger partial charge in [-0.05, 0) is 11.1 Å². The van der Waals surface area contributed by atoms with E-state index in [2.05, 4.69) is 12.1 Å². The fourth-order valence-electron chi connectivity index (χ4n) is 2.50. The van der Waals surface area contributed by atoms with Crippen LogP contribution in [-0.2, 0) is 4.74 Å². The maximum absolute atomic E-state index is 12.0. The molecule has 4 nitrogen and oxygen atoms in total. The van der Waals surface area contributed by atoms with E-state index < -0.39 is 6.09 Å². The van der Waals surface area contributed by atoms with Crippen LogP contribution in [0.3, 0.4) is 0 Å². The molecule has 0 aromatic heterocycles. The number of hydrogen-bond acceptors (Lipinski definition) is 3. The molecular formula is C16H16N2O2. The smallest absolute Gasteiger partial charge is 0.411 e. The zero-order valence-electron chi connectivity index (χ0n) is 11.2. The van der Waals surface area contributed by atoms with Crippen LogP contribution >= 0.6 is 0 Å². The molecule has 0 heterocycles. The number of hydrogen-bond donors (Lipinski definition) is 1. The minimum Gasteiger partial charge on any atom is -0.436 e. The van der Waals surface area contributed by atoms with Gasteiger partial charge in [-0.2, -0.15) is 0 Å². The Balaban J connectivity index is 2.01. The number of carbonyl (C=O) groups excluding carboxylic acids is 1. The van der Waals surface area contributed by atoms with Crippen LogP contribution in [0.15, 0.2) is 48.5 Å². The van der Waals surface area contributed by atoms with E-state index in [-0.39, 0.29) is 12.8 Å². The predicted octanol–water partition coefficient (Wildman–Crippen LogP) is 2.74. The fourth-order valence-corrected chi connectivity index (χ4v) is 2.50. The van der Waals surface area contributed by atoms with Crippen molar-refractivity contribution in [1.29, 1.82) is 0 Å². The summed E-state index contributed by atoms with van der Waals surface area (Å²) in [6.07, 6.45) is -0.770. The first-order chi connectivity index (χ1) is 9.72. The number of benzene rings is 2. The number of nitrogens with zero attached hydrogens (tertiary/aromatic N) is 1. The number of rotatable bonds is 2. The van der Waals surface area contributed by atoms with Gasteiger partial charge < -0.3 is 10.5 Å². The van der Waals surface area contributed by atoms with E-state index in [1.54, 1.807) is 7.05 Å². The van der Waals surface area contributed by atoms with Crippen molar-refractivity contribution in [2.24, 2.45) is 5.73 Å². The van der Waals surface area contributed by atoms with Gasteiger partial charge in [-0.1, -0.05) is 48.5 Å². The Morgan fingerprint density at radius 1 is 1.10 bits per heavy atom. The summed E-state index contributed by atoms with van der Waals surface area (Å²) in [6.45, 7) is 0.134. The molecule has 0 saturated carbocycles. The molecule has 0 spiro atoms. The summed E-state index contributed by atoms with van der Waals surface area (Å²) in [5.74, 6) is 0. The molecule has 102 valence electrons. The molecule has 2 aromatic rings. The van der Waals surface area contributed by atoms with Crippen LogP contribution in [-0.4, -0.2) is 24.7 Å². The van der Waals surface area contributed by atoms with Gasteiger partial charge in [0, 0.05) is 18.2 Å². The molecule has 2 aromatic carbocycles. The average Bonchev–Trinajstić information content (AvgIpc) is 2.81. The van der Waals surface area contributed by atoms with Crippen molar-refractivity contribution in [3.8, 4) is 11.1 Å². The van der Waals surface area contributed by atoms with Gasteiger partial charge in [-0.15, -0.1) is 0 Å². The van der Waals surface area contributed by atoms with Crippen molar-refractivity contribution >= 4 is 6.09 Å². The highest BCUT2D eigenvalue weighted by atomic mass is 16.6. The first-order valence-electron chi connectivity index (χ1n) is 6.52. The lowest BCUT2D eigenvalue weighted by molar-refractivity contribution is 0.0869. The summed E-state index contributed by atoms with van der Waals surface area (Å²) in [5, 5.41) is 0. The van der Waals surface area contributed by atoms with Crippen molar-refractivity contribution in [3.63, 3.8) is 0 Å². The molecule has 0 aliphatic heterocycles. The van der Waals surface area contributed by atoms with Gasteiger partial charge in [-0.25, -0.2) is 4.79 Å². The van der Waals surface area contributed by atoms with Gasteiger partial charge in [0.25, 0.3) is 0 Å². The molecule has 4 heteroatoms. The summed E-state index contributed by atoms with van der Waals surface area (Å²) in [6, 6.07) is 16.0. The fraction of sp³-hybridized carbons (Fsp3) is 0.188. The first kappa shape index (κ1) is 12.7. The topological polar surface area (TPSA) is 55.6 Å². The highest BCUT2D eigenvalue weighted by molar-refractivity contribution is 5.79. The van der Waals surface area contributed by atoms with Crippen LogP contribution in [0.25, 0.3) is 11.1 Å². The maximum Gasteiger partial charge on any atom is 0.411 e. The Hall–Kier alpha value is -2.33. The average molecular weight is 268 g/mol. The Bertz CT molecular complexity index is 609. The molecule has 0 radical (unpaired) electrons. The van der Waals surface area contributed by atoms with E-state index in [1.807, 2.05) is 36.4 Å². The molecule has 0 fully saturated rings. The Morgan fingerprint density at radius 2 is 1.60 bits per heavy atom. The molecule has 0 saturated heterocycles. The van der Waals surface area contributed by atoms with E-state index in [1.165, 1.54) is 4.90 Å². The largest absolute Gasteiger partial charge is 0.436 e. The lowest BCUT2D eigenvalue weighted by atomic mass is 10.1. The minimum atomic E-state index is -0.413. The van der Waals surface area contributed by atoms with Crippen molar-refractivity contribution in [1.82, 2.24) is 4.90 Å². The normalized spacial score (nSPS) is 12.7. The van der Waals surface area contributed by atoms with Crippen molar-refractivity contribution in [2.75, 3.05) is 13.7 Å². The van der Waals surface area contributed by atoms with Crippen LogP contribution < -0.4 is 5.73 Å². The van der Waals surface area contributed by atoms with Gasteiger partial charge in [0.1, 0.15) is 0 Å². The van der Waals surface area contributed by atoms with Gasteiger partial charge >= 0.3 is 6.09 Å². The standard InChI is InChI=1S/C16H16N2O2/c1-18(10-17)16(19)20-15-13-8-4-2-6-11(13)12-7-3-5-9-14(12)15/h2-9,15H,10,17H2,1H3. The highest BCUT2D eigenvalue weighted by Gasteiger charge is 2.31. The van der Waals surface area contributed by atoms with Gasteiger partial charge in [-0.3, -0.25) is 4.90 Å². The van der Waals surface area contributed by atoms with E-state index >= 15 is 0 Å². The number of carbonyl (C=O) groups is 1. The van der Waals surface area contributed by atoms with E-state index in [0.29, 0.717) is 0 Å². The van der Waals surface area contributed by atoms with Crippen LogP contribution in [0.1, 0.15) is 17.2 Å². The molecule has 0 atom stereocenters. The lowest BCUT2D eigenvalue weighted by Gasteiger charge is -2.20. The molecule has 0 bridgehead atoms. The monoisotopic (exact) mass is 268 g/mol. The van der Waals surface area contributed by atoms with Gasteiger partial charge in [0.05, 0.1) is 6.67 Å². The summed E-state index contributed by atoms with van der Waals surface area (Å²) >= 11 is 0. The number of nitrogens with two attached hydrogens (primary N) is 1. The minimum absolute atomic E-state index is 0.134. The van der Waals surface area contributed by atoms with Crippen LogP contribution in [0.5, 0.6) is 0 Å². The second-order valence-corrected chi connectivity index (χ2v) is 4.82. The molecule has 0 unspecified atom stereocenters. The summed E-state index contributed by atoms with van der Waals surface area (Å²) in [4.78, 5) is 13.3. The summed E-state index contributed by atoms with van der Waals surface area (Å²) < 4.78 is 5.62. The molecular weight excluding hydrogens is 252 g/mol. The Labute approximate surface area is 117 Å². The van der Waals surface area contributed by atoms with Crippen LogP contribution in [0, 0.1) is 0 Å². The van der Waals surface area contributed by atoms with E-state index in [4.69, 9.17) is 10.5 Å².